The van der Waals surface area contributed by atoms with Gasteiger partial charge in [-0.15, -0.1) is 0 Å². The quantitative estimate of drug-likeness (QED) is 0.784. The third-order valence-corrected chi connectivity index (χ3v) is 2.80. The second-order valence-electron chi connectivity index (χ2n) is 4.12. The van der Waals surface area contributed by atoms with Crippen LogP contribution in [0.5, 0.6) is 0 Å². The highest BCUT2D eigenvalue weighted by atomic mass is 19.1. The Kier molecular flexibility index (Phi) is 4.75. The standard InChI is InChI=1S/C15H11FN2.CO2/c16-13-8-6-12(7-9-13)15-10-14(17-18-15)11-4-2-1-3-5-11;2-1-3/h1-10H,(H,17,18);. The van der Waals surface area contributed by atoms with Crippen molar-refractivity contribution in [3.63, 3.8) is 0 Å². The van der Waals surface area contributed by atoms with Crippen molar-refractivity contribution in [2.24, 2.45) is 0 Å². The van der Waals surface area contributed by atoms with E-state index in [0.717, 1.165) is 22.5 Å². The summed E-state index contributed by atoms with van der Waals surface area (Å²) in [5, 5.41) is 7.23. The molecule has 0 aliphatic rings. The topological polar surface area (TPSA) is 62.8 Å². The van der Waals surface area contributed by atoms with Gasteiger partial charge in [-0.25, -0.2) is 4.39 Å². The first-order valence-corrected chi connectivity index (χ1v) is 6.10. The molecule has 2 aromatic carbocycles. The lowest BCUT2D eigenvalue weighted by atomic mass is 10.1. The summed E-state index contributed by atoms with van der Waals surface area (Å²) in [4.78, 5) is 16.2. The molecule has 1 N–H and O–H groups in total. The zero-order valence-corrected chi connectivity index (χ0v) is 10.9. The predicted octanol–water partition coefficient (Wildman–Crippen LogP) is 3.30. The van der Waals surface area contributed by atoms with Crippen LogP contribution in [0, 0.1) is 5.82 Å². The molecule has 0 saturated heterocycles. The fraction of sp³-hybridized carbons (Fsp3) is 0. The van der Waals surface area contributed by atoms with Crippen molar-refractivity contribution in [1.29, 1.82) is 0 Å². The first-order chi connectivity index (χ1) is 10.2. The zero-order valence-electron chi connectivity index (χ0n) is 10.9. The summed E-state index contributed by atoms with van der Waals surface area (Å²) in [7, 11) is 0. The molecule has 0 atom stereocenters. The third kappa shape index (κ3) is 3.72. The Morgan fingerprint density at radius 1 is 0.905 bits per heavy atom. The van der Waals surface area contributed by atoms with Crippen molar-refractivity contribution in [3.8, 4) is 22.5 Å². The molecule has 0 aliphatic heterocycles. The summed E-state index contributed by atoms with van der Waals surface area (Å²) in [6.45, 7) is 0. The van der Waals surface area contributed by atoms with Crippen LogP contribution >= 0.6 is 0 Å². The lowest BCUT2D eigenvalue weighted by Gasteiger charge is -1.95. The Morgan fingerprint density at radius 3 is 2.14 bits per heavy atom. The van der Waals surface area contributed by atoms with Gasteiger partial charge in [-0.05, 0) is 35.9 Å². The summed E-state index contributed by atoms with van der Waals surface area (Å²) in [6, 6.07) is 18.2. The van der Waals surface area contributed by atoms with E-state index in [0.29, 0.717) is 0 Å². The summed E-state index contributed by atoms with van der Waals surface area (Å²) in [5.74, 6) is -0.235. The Bertz CT molecular complexity index is 730. The Morgan fingerprint density at radius 2 is 1.52 bits per heavy atom. The first-order valence-electron chi connectivity index (χ1n) is 6.10. The predicted molar refractivity (Wildman–Crippen MR) is 74.4 cm³/mol. The van der Waals surface area contributed by atoms with Gasteiger partial charge < -0.3 is 0 Å². The molecule has 0 unspecified atom stereocenters. The minimum atomic E-state index is -0.235. The van der Waals surface area contributed by atoms with Crippen LogP contribution in [0.2, 0.25) is 0 Å². The molecule has 4 nitrogen and oxygen atoms in total. The second-order valence-corrected chi connectivity index (χ2v) is 4.12. The van der Waals surface area contributed by atoms with E-state index in [1.165, 1.54) is 12.1 Å². The highest BCUT2D eigenvalue weighted by molar-refractivity contribution is 5.67. The molecule has 3 aromatic rings. The van der Waals surface area contributed by atoms with E-state index in [4.69, 9.17) is 9.59 Å². The zero-order chi connectivity index (χ0) is 15.1. The Balaban J connectivity index is 0.000000497. The molecule has 0 radical (unpaired) electrons. The maximum Gasteiger partial charge on any atom is 0.373 e. The molecule has 5 heteroatoms. The number of H-pyrrole nitrogens is 1. The van der Waals surface area contributed by atoms with Crippen molar-refractivity contribution in [3.05, 3.63) is 66.5 Å². The fourth-order valence-electron chi connectivity index (χ4n) is 1.86. The van der Waals surface area contributed by atoms with Gasteiger partial charge in [0, 0.05) is 5.56 Å². The minimum Gasteiger partial charge on any atom is -0.277 e. The first kappa shape index (κ1) is 14.4. The second kappa shape index (κ2) is 6.93. The molecule has 21 heavy (non-hydrogen) atoms. The number of carbonyl (C=O) groups excluding carboxylic acids is 2. The number of hydrogen-bond donors (Lipinski definition) is 1. The van der Waals surface area contributed by atoms with Crippen LogP contribution in [0.4, 0.5) is 4.39 Å². The monoisotopic (exact) mass is 282 g/mol. The lowest BCUT2D eigenvalue weighted by molar-refractivity contribution is -0.191. The van der Waals surface area contributed by atoms with E-state index < -0.39 is 0 Å². The van der Waals surface area contributed by atoms with Gasteiger partial charge in [-0.3, -0.25) is 5.10 Å². The minimum absolute atomic E-state index is 0.235. The van der Waals surface area contributed by atoms with Gasteiger partial charge in [-0.2, -0.15) is 14.7 Å². The van der Waals surface area contributed by atoms with Gasteiger partial charge in [0.05, 0.1) is 11.4 Å². The van der Waals surface area contributed by atoms with Crippen LogP contribution < -0.4 is 0 Å². The van der Waals surface area contributed by atoms with Gasteiger partial charge in [0.25, 0.3) is 0 Å². The molecule has 1 aromatic heterocycles. The third-order valence-electron chi connectivity index (χ3n) is 2.80. The van der Waals surface area contributed by atoms with Crippen LogP contribution in [-0.4, -0.2) is 16.3 Å². The highest BCUT2D eigenvalue weighted by Gasteiger charge is 2.05. The molecular weight excluding hydrogens is 271 g/mol. The maximum atomic E-state index is 12.8. The number of nitrogens with zero attached hydrogens (tertiary/aromatic N) is 1. The molecule has 3 rings (SSSR count). The van der Waals surface area contributed by atoms with Crippen molar-refractivity contribution < 1.29 is 14.0 Å². The van der Waals surface area contributed by atoms with E-state index in [1.807, 2.05) is 36.4 Å². The van der Waals surface area contributed by atoms with Gasteiger partial charge in [-0.1, -0.05) is 30.3 Å². The van der Waals surface area contributed by atoms with Crippen molar-refractivity contribution in [2.75, 3.05) is 0 Å². The van der Waals surface area contributed by atoms with Crippen LogP contribution in [0.3, 0.4) is 0 Å². The van der Waals surface area contributed by atoms with Crippen LogP contribution in [-0.2, 0) is 9.59 Å². The molecule has 0 aliphatic carbocycles. The highest BCUT2D eigenvalue weighted by Crippen LogP contribution is 2.23. The van der Waals surface area contributed by atoms with Crippen LogP contribution in [0.1, 0.15) is 0 Å². The number of aromatic amines is 1. The molecule has 0 fully saturated rings. The van der Waals surface area contributed by atoms with Gasteiger partial charge in [0.2, 0.25) is 0 Å². The van der Waals surface area contributed by atoms with Crippen LogP contribution in [0.15, 0.2) is 60.7 Å². The molecule has 1 heterocycles. The number of halogens is 1. The van der Waals surface area contributed by atoms with Crippen molar-refractivity contribution in [2.45, 2.75) is 0 Å². The number of aromatic nitrogens is 2. The number of benzene rings is 2. The Hall–Kier alpha value is -3.04. The fourth-order valence-corrected chi connectivity index (χ4v) is 1.86. The van der Waals surface area contributed by atoms with Crippen molar-refractivity contribution >= 4 is 6.15 Å². The average Bonchev–Trinajstić information content (AvgIpc) is 3.00. The summed E-state index contributed by atoms with van der Waals surface area (Å²) < 4.78 is 12.8. The van der Waals surface area contributed by atoms with E-state index >= 15 is 0 Å². The summed E-state index contributed by atoms with van der Waals surface area (Å²) >= 11 is 0. The average molecular weight is 282 g/mol. The maximum absolute atomic E-state index is 12.8. The number of nitrogens with one attached hydrogen (secondary N) is 1. The largest absolute Gasteiger partial charge is 0.373 e. The molecule has 0 amide bonds. The molecule has 104 valence electrons. The SMILES string of the molecule is Fc1ccc(-c2cc(-c3ccccc3)n[nH]2)cc1.O=C=O. The lowest BCUT2D eigenvalue weighted by Crippen LogP contribution is -1.78. The number of hydrogen-bond acceptors (Lipinski definition) is 3. The Labute approximate surface area is 120 Å². The molecule has 0 spiro atoms. The van der Waals surface area contributed by atoms with E-state index in [1.54, 1.807) is 12.1 Å². The van der Waals surface area contributed by atoms with Gasteiger partial charge >= 0.3 is 6.15 Å². The molecule has 0 bridgehead atoms. The summed E-state index contributed by atoms with van der Waals surface area (Å²) in [6.07, 6.45) is 0.250. The van der Waals surface area contributed by atoms with E-state index in [-0.39, 0.29) is 12.0 Å². The van der Waals surface area contributed by atoms with Gasteiger partial charge in [0.15, 0.2) is 0 Å². The smallest absolute Gasteiger partial charge is 0.277 e. The van der Waals surface area contributed by atoms with Gasteiger partial charge in [0.1, 0.15) is 5.82 Å². The van der Waals surface area contributed by atoms with Crippen molar-refractivity contribution in [1.82, 2.24) is 10.2 Å². The normalized spacial score (nSPS) is 9.38. The summed E-state index contributed by atoms with van der Waals surface area (Å²) in [5.41, 5.74) is 3.75. The number of rotatable bonds is 2. The van der Waals surface area contributed by atoms with Crippen LogP contribution in [0.25, 0.3) is 22.5 Å². The van der Waals surface area contributed by atoms with E-state index in [2.05, 4.69) is 10.2 Å². The molecule has 0 saturated carbocycles. The molecular formula is C16H11FN2O2. The van der Waals surface area contributed by atoms with E-state index in [9.17, 15) is 4.39 Å².